The first-order chi connectivity index (χ1) is 23.3. The van der Waals surface area contributed by atoms with E-state index in [2.05, 4.69) is 21.3 Å². The molecule has 15 nitrogen and oxygen atoms in total. The topological polar surface area (TPSA) is 215 Å². The zero-order valence-electron chi connectivity index (χ0n) is 29.9. The first kappa shape index (κ1) is 41.7. The molecule has 1 aromatic carbocycles. The number of ether oxygens (including phenoxy) is 2. The fraction of sp³-hybridized carbons (Fsp3) is 0.618. The number of likely N-dealkylation sites (tertiary alicyclic amines) is 1. The Morgan fingerprint density at radius 3 is 2.12 bits per heavy atom. The van der Waals surface area contributed by atoms with Crippen LogP contribution in [0.25, 0.3) is 0 Å². The van der Waals surface area contributed by atoms with E-state index in [-0.39, 0.29) is 69.1 Å². The average molecular weight is 699 g/mol. The molecule has 0 bridgehead atoms. The van der Waals surface area contributed by atoms with Gasteiger partial charge in [0.05, 0.1) is 5.60 Å². The molecule has 1 aliphatic heterocycles. The van der Waals surface area contributed by atoms with Gasteiger partial charge in [0, 0.05) is 43.6 Å². The molecular weight excluding hydrogens is 647 g/mol. The van der Waals surface area contributed by atoms with Crippen LogP contribution in [0.1, 0.15) is 92.1 Å². The van der Waals surface area contributed by atoms with E-state index < -0.39 is 46.9 Å². The second-order valence-corrected chi connectivity index (χ2v) is 13.9. The van der Waals surface area contributed by atoms with E-state index in [4.69, 9.17) is 23.1 Å². The quantitative estimate of drug-likeness (QED) is 0.0767. The molecule has 0 aromatic heterocycles. The summed E-state index contributed by atoms with van der Waals surface area (Å²) in [5, 5.41) is 10.7. The lowest BCUT2D eigenvalue weighted by Gasteiger charge is -2.35. The molecule has 0 aliphatic carbocycles. The maximum atomic E-state index is 13.5. The minimum absolute atomic E-state index is 0.0362. The summed E-state index contributed by atoms with van der Waals surface area (Å²) in [7, 11) is 5.00. The molecule has 1 fully saturated rings. The van der Waals surface area contributed by atoms with Crippen molar-refractivity contribution in [2.24, 2.45) is 11.7 Å². The molecule has 1 saturated heterocycles. The van der Waals surface area contributed by atoms with Gasteiger partial charge in [0.1, 0.15) is 18.7 Å². The summed E-state index contributed by atoms with van der Waals surface area (Å²) in [5.74, 6) is -3.07. The number of hydrogen-bond donors (Lipinski definition) is 5. The highest BCUT2D eigenvalue weighted by molar-refractivity contribution is 6.55. The van der Waals surface area contributed by atoms with Crippen LogP contribution in [0.5, 0.6) is 0 Å². The van der Waals surface area contributed by atoms with Crippen LogP contribution in [0.4, 0.5) is 15.3 Å². The van der Waals surface area contributed by atoms with Crippen molar-refractivity contribution in [2.45, 2.75) is 116 Å². The van der Waals surface area contributed by atoms with Crippen LogP contribution < -0.4 is 27.0 Å². The molecule has 1 aromatic rings. The van der Waals surface area contributed by atoms with Crippen molar-refractivity contribution in [3.05, 3.63) is 29.8 Å². The van der Waals surface area contributed by atoms with Gasteiger partial charge in [0.2, 0.25) is 43.3 Å². The van der Waals surface area contributed by atoms with Gasteiger partial charge in [-0.3, -0.25) is 33.7 Å². The molecule has 0 saturated carbocycles. The number of urea groups is 1. The number of amides is 7. The number of nitrogens with one attached hydrogen (secondary N) is 4. The summed E-state index contributed by atoms with van der Waals surface area (Å²) in [5.41, 5.74) is 4.80. The zero-order chi connectivity index (χ0) is 37.6. The standard InChI is InChI=1S/C34H51BN6O9/c1-21(2)28(40-25(42)15-16-34(5,6)50-19-17-33(3,4)41-26(43)13-14-27(41)44)30(46)39-24(8-7-18-37-32(36)48)29(45)38-23-11-9-22(10-12-23)20-49-31(35)47/h9-12,21,24,28H,7-8,13-20H2,1-6H3,(H,38,45)(H,39,46)(H,40,42)(H3,36,37,48)/t24-,28?/m0/s1. The Balaban J connectivity index is 1.98. The number of imide groups is 1. The van der Waals surface area contributed by atoms with Crippen LogP contribution in [0, 0.1) is 5.92 Å². The van der Waals surface area contributed by atoms with Crippen LogP contribution in [0.3, 0.4) is 0 Å². The van der Waals surface area contributed by atoms with Gasteiger partial charge < -0.3 is 36.5 Å². The van der Waals surface area contributed by atoms with E-state index in [9.17, 15) is 33.6 Å². The van der Waals surface area contributed by atoms with E-state index in [0.29, 0.717) is 30.5 Å². The van der Waals surface area contributed by atoms with Gasteiger partial charge in [-0.25, -0.2) is 4.79 Å². The molecule has 1 aliphatic rings. The molecular formula is C34H51BN6O9. The molecule has 50 heavy (non-hydrogen) atoms. The van der Waals surface area contributed by atoms with E-state index in [1.165, 1.54) is 4.90 Å². The van der Waals surface area contributed by atoms with Gasteiger partial charge in [-0.2, -0.15) is 0 Å². The molecule has 274 valence electrons. The lowest BCUT2D eigenvalue weighted by Crippen LogP contribution is -2.54. The largest absolute Gasteiger partial charge is 0.470 e. The summed E-state index contributed by atoms with van der Waals surface area (Å²) >= 11 is 0. The van der Waals surface area contributed by atoms with Crippen molar-refractivity contribution in [2.75, 3.05) is 18.5 Å². The van der Waals surface area contributed by atoms with Crippen LogP contribution in [-0.4, -0.2) is 90.6 Å². The highest BCUT2D eigenvalue weighted by Crippen LogP contribution is 2.27. The lowest BCUT2D eigenvalue weighted by molar-refractivity contribution is -0.146. The van der Waals surface area contributed by atoms with E-state index in [0.717, 1.165) is 0 Å². The van der Waals surface area contributed by atoms with E-state index in [1.807, 2.05) is 27.7 Å². The average Bonchev–Trinajstić information content (AvgIpc) is 3.37. The minimum atomic E-state index is -1.02. The van der Waals surface area contributed by atoms with Crippen molar-refractivity contribution >= 4 is 55.0 Å². The van der Waals surface area contributed by atoms with Gasteiger partial charge in [0.15, 0.2) is 0 Å². The number of rotatable bonds is 20. The summed E-state index contributed by atoms with van der Waals surface area (Å²) in [4.78, 5) is 87.5. The summed E-state index contributed by atoms with van der Waals surface area (Å²) in [6.45, 7) is 11.3. The third kappa shape index (κ3) is 14.2. The van der Waals surface area contributed by atoms with Gasteiger partial charge in [-0.15, -0.1) is 0 Å². The number of hydrogen-bond acceptors (Lipinski definition) is 9. The number of anilines is 1. The Kier molecular flexibility index (Phi) is 15.9. The van der Waals surface area contributed by atoms with Gasteiger partial charge in [-0.05, 0) is 77.0 Å². The predicted molar refractivity (Wildman–Crippen MR) is 186 cm³/mol. The third-order valence-electron chi connectivity index (χ3n) is 8.29. The fourth-order valence-corrected chi connectivity index (χ4v) is 5.32. The molecule has 2 atom stereocenters. The zero-order valence-corrected chi connectivity index (χ0v) is 29.9. The molecule has 16 heteroatoms. The highest BCUT2D eigenvalue weighted by atomic mass is 16.5. The van der Waals surface area contributed by atoms with Crippen molar-refractivity contribution in [3.63, 3.8) is 0 Å². The summed E-state index contributed by atoms with van der Waals surface area (Å²) < 4.78 is 10.8. The Labute approximate surface area is 294 Å². The lowest BCUT2D eigenvalue weighted by atomic mass is 9.97. The molecule has 6 N–H and O–H groups in total. The number of benzene rings is 1. The van der Waals surface area contributed by atoms with Crippen molar-refractivity contribution in [1.82, 2.24) is 20.9 Å². The maximum Gasteiger partial charge on any atom is 0.312 e. The number of carbonyl (C=O) groups excluding carboxylic acids is 7. The van der Waals surface area contributed by atoms with Crippen LogP contribution in [-0.2, 0) is 40.1 Å². The second-order valence-electron chi connectivity index (χ2n) is 13.9. The first-order valence-corrected chi connectivity index (χ1v) is 16.8. The minimum Gasteiger partial charge on any atom is -0.470 e. The van der Waals surface area contributed by atoms with Gasteiger partial charge >= 0.3 is 6.03 Å². The van der Waals surface area contributed by atoms with Crippen LogP contribution in [0.2, 0.25) is 0 Å². The monoisotopic (exact) mass is 698 g/mol. The first-order valence-electron chi connectivity index (χ1n) is 16.8. The molecule has 7 amide bonds. The van der Waals surface area contributed by atoms with Crippen LogP contribution >= 0.6 is 0 Å². The Morgan fingerprint density at radius 2 is 1.56 bits per heavy atom. The number of primary amides is 1. The number of nitrogens with zero attached hydrogens (tertiary/aromatic N) is 1. The van der Waals surface area contributed by atoms with E-state index in [1.54, 1.807) is 38.1 Å². The third-order valence-corrected chi connectivity index (χ3v) is 8.29. The van der Waals surface area contributed by atoms with Crippen LogP contribution in [0.15, 0.2) is 24.3 Å². The number of nitrogens with two attached hydrogens (primary N) is 1. The predicted octanol–water partition coefficient (Wildman–Crippen LogP) is 2.40. The second kappa shape index (κ2) is 19.1. The Morgan fingerprint density at radius 1 is 0.940 bits per heavy atom. The molecule has 1 unspecified atom stereocenters. The Hall–Kier alpha value is -4.47. The Bertz CT molecular complexity index is 1370. The molecule has 2 rings (SSSR count). The normalized spacial score (nSPS) is 14.6. The molecule has 0 spiro atoms. The maximum absolute atomic E-state index is 13.5. The molecule has 1 heterocycles. The molecule has 2 radical (unpaired) electrons. The fourth-order valence-electron chi connectivity index (χ4n) is 5.32. The summed E-state index contributed by atoms with van der Waals surface area (Å²) in [6.07, 6.45) is 1.73. The smallest absolute Gasteiger partial charge is 0.312 e. The van der Waals surface area contributed by atoms with Crippen molar-refractivity contribution in [3.8, 4) is 0 Å². The van der Waals surface area contributed by atoms with E-state index >= 15 is 0 Å². The van der Waals surface area contributed by atoms with Crippen molar-refractivity contribution < 1.29 is 43.0 Å². The highest BCUT2D eigenvalue weighted by Gasteiger charge is 2.40. The van der Waals surface area contributed by atoms with Gasteiger partial charge in [-0.1, -0.05) is 26.0 Å². The van der Waals surface area contributed by atoms with Gasteiger partial charge in [0.25, 0.3) is 0 Å². The van der Waals surface area contributed by atoms with Crippen molar-refractivity contribution in [1.29, 1.82) is 0 Å². The SMILES string of the molecule is [B]C(=O)OCc1ccc(NC(=O)[C@H](CCCNC(N)=O)NC(=O)C(NC(=O)CCC(C)(C)OCCC(C)(C)N2C(=O)CCC2=O)C(C)C)cc1. The summed E-state index contributed by atoms with van der Waals surface area (Å²) in [6, 6.07) is 3.79. The number of carbonyl (C=O) groups is 7.